The minimum Gasteiger partial charge on any atom is -0.497 e. The molecule has 6 heteroatoms. The van der Waals surface area contributed by atoms with E-state index in [-0.39, 0.29) is 0 Å². The van der Waals surface area contributed by atoms with Crippen molar-refractivity contribution < 1.29 is 19.4 Å². The molecule has 0 unspecified atom stereocenters. The van der Waals surface area contributed by atoms with E-state index >= 15 is 0 Å². The number of ether oxygens (including phenoxy) is 2. The second-order valence-electron chi connectivity index (χ2n) is 4.10. The van der Waals surface area contributed by atoms with Gasteiger partial charge in [0.25, 0.3) is 0 Å². The van der Waals surface area contributed by atoms with Crippen molar-refractivity contribution in [1.29, 1.82) is 0 Å². The van der Waals surface area contributed by atoms with Crippen molar-refractivity contribution >= 4 is 39.3 Å². The van der Waals surface area contributed by atoms with E-state index in [1.807, 2.05) is 11.4 Å². The van der Waals surface area contributed by atoms with Crippen LogP contribution in [0.5, 0.6) is 11.5 Å². The van der Waals surface area contributed by atoms with Crippen molar-refractivity contribution in [2.24, 2.45) is 0 Å². The lowest BCUT2D eigenvalue weighted by atomic mass is 10.1. The molecule has 0 saturated carbocycles. The highest BCUT2D eigenvalue weighted by molar-refractivity contribution is 9.10. The van der Waals surface area contributed by atoms with Crippen molar-refractivity contribution in [3.8, 4) is 11.5 Å². The van der Waals surface area contributed by atoms with E-state index in [1.165, 1.54) is 6.08 Å². The van der Waals surface area contributed by atoms with E-state index in [0.717, 1.165) is 15.4 Å². The van der Waals surface area contributed by atoms with Crippen LogP contribution in [-0.4, -0.2) is 18.2 Å². The number of hydrogen-bond donors (Lipinski definition) is 1. The van der Waals surface area contributed by atoms with Crippen molar-refractivity contribution in [1.82, 2.24) is 0 Å². The number of aliphatic carboxylic acids is 1. The van der Waals surface area contributed by atoms with Crippen LogP contribution in [0.1, 0.15) is 10.4 Å². The molecule has 0 fully saturated rings. The van der Waals surface area contributed by atoms with Gasteiger partial charge in [-0.3, -0.25) is 0 Å². The highest BCUT2D eigenvalue weighted by atomic mass is 79.9. The normalized spacial score (nSPS) is 10.8. The summed E-state index contributed by atoms with van der Waals surface area (Å²) in [6.07, 6.45) is 2.58. The fourth-order valence-electron chi connectivity index (χ4n) is 1.64. The van der Waals surface area contributed by atoms with Crippen LogP contribution in [0.3, 0.4) is 0 Å². The second-order valence-corrected chi connectivity index (χ2v) is 6.01. The average molecular weight is 369 g/mol. The molecule has 2 rings (SSSR count). The number of carbonyl (C=O) groups is 1. The van der Waals surface area contributed by atoms with Gasteiger partial charge in [0, 0.05) is 32.4 Å². The smallest absolute Gasteiger partial charge is 0.328 e. The van der Waals surface area contributed by atoms with Gasteiger partial charge in [0.05, 0.1) is 7.11 Å². The molecule has 2 aromatic rings. The summed E-state index contributed by atoms with van der Waals surface area (Å²) in [5.74, 6) is 0.236. The lowest BCUT2D eigenvalue weighted by molar-refractivity contribution is -0.131. The quantitative estimate of drug-likeness (QED) is 0.776. The molecule has 0 spiro atoms. The Balaban J connectivity index is 2.19. The van der Waals surface area contributed by atoms with Gasteiger partial charge < -0.3 is 14.6 Å². The van der Waals surface area contributed by atoms with Crippen LogP contribution in [0.25, 0.3) is 6.08 Å². The average Bonchev–Trinajstić information content (AvgIpc) is 2.88. The summed E-state index contributed by atoms with van der Waals surface area (Å²) in [4.78, 5) is 11.7. The van der Waals surface area contributed by atoms with Gasteiger partial charge in [-0.1, -0.05) is 0 Å². The van der Waals surface area contributed by atoms with E-state index in [2.05, 4.69) is 15.9 Å². The van der Waals surface area contributed by atoms with Crippen molar-refractivity contribution in [2.75, 3.05) is 7.11 Å². The Kier molecular flexibility index (Phi) is 5.41. The van der Waals surface area contributed by atoms with Crippen LogP contribution in [0.4, 0.5) is 0 Å². The summed E-state index contributed by atoms with van der Waals surface area (Å²) in [6.45, 7) is 0.414. The number of carboxylic acids is 1. The van der Waals surface area contributed by atoms with Gasteiger partial charge in [0.2, 0.25) is 0 Å². The van der Waals surface area contributed by atoms with Gasteiger partial charge in [-0.15, -0.1) is 11.3 Å². The number of rotatable bonds is 6. The minimum absolute atomic E-state index is 0.414. The summed E-state index contributed by atoms with van der Waals surface area (Å²) in [5, 5.41) is 10.7. The first kappa shape index (κ1) is 15.6. The maximum absolute atomic E-state index is 10.6. The first-order valence-corrected chi connectivity index (χ1v) is 7.70. The molecule has 0 aliphatic carbocycles. The molecule has 0 aliphatic heterocycles. The zero-order valence-corrected chi connectivity index (χ0v) is 13.6. The molecule has 0 bridgehead atoms. The Morgan fingerprint density at radius 1 is 1.43 bits per heavy atom. The van der Waals surface area contributed by atoms with E-state index < -0.39 is 5.97 Å². The highest BCUT2D eigenvalue weighted by Gasteiger charge is 2.06. The topological polar surface area (TPSA) is 55.8 Å². The Hall–Kier alpha value is -1.79. The van der Waals surface area contributed by atoms with E-state index in [9.17, 15) is 4.79 Å². The van der Waals surface area contributed by atoms with Crippen molar-refractivity contribution in [2.45, 2.75) is 6.61 Å². The maximum atomic E-state index is 10.6. The Bertz CT molecular complexity index is 663. The molecule has 1 N–H and O–H groups in total. The van der Waals surface area contributed by atoms with Gasteiger partial charge in [-0.25, -0.2) is 4.79 Å². The summed E-state index contributed by atoms with van der Waals surface area (Å²) in [5.41, 5.74) is 0.689. The molecule has 1 aromatic heterocycles. The molecule has 4 nitrogen and oxygen atoms in total. The summed E-state index contributed by atoms with van der Waals surface area (Å²) in [7, 11) is 1.57. The molecule has 110 valence electrons. The van der Waals surface area contributed by atoms with Gasteiger partial charge in [-0.05, 0) is 40.2 Å². The molecule has 1 heterocycles. The molecule has 1 aromatic carbocycles. The Morgan fingerprint density at radius 3 is 2.86 bits per heavy atom. The third-order valence-electron chi connectivity index (χ3n) is 2.62. The number of halogens is 1. The number of hydrogen-bond acceptors (Lipinski definition) is 4. The molecule has 0 radical (unpaired) electrons. The van der Waals surface area contributed by atoms with Gasteiger partial charge in [-0.2, -0.15) is 0 Å². The SMILES string of the molecule is COc1ccc(C=CC(=O)O)c(OCc2cc(Br)cs2)c1. The first-order chi connectivity index (χ1) is 10.1. The zero-order chi connectivity index (χ0) is 15.2. The second kappa shape index (κ2) is 7.28. The summed E-state index contributed by atoms with van der Waals surface area (Å²) < 4.78 is 12.0. The standard InChI is InChI=1S/C15H13BrO4S/c1-19-12-4-2-10(3-5-15(17)18)14(7-12)20-8-13-6-11(16)9-21-13/h2-7,9H,8H2,1H3,(H,17,18). The van der Waals surface area contributed by atoms with Gasteiger partial charge in [0.1, 0.15) is 18.1 Å². The fourth-order valence-corrected chi connectivity index (χ4v) is 3.01. The molecular weight excluding hydrogens is 356 g/mol. The molecule has 0 amide bonds. The zero-order valence-electron chi connectivity index (χ0n) is 11.2. The maximum Gasteiger partial charge on any atom is 0.328 e. The van der Waals surface area contributed by atoms with Crippen LogP contribution < -0.4 is 9.47 Å². The van der Waals surface area contributed by atoms with Gasteiger partial charge in [0.15, 0.2) is 0 Å². The molecule has 0 atom stereocenters. The fraction of sp³-hybridized carbons (Fsp3) is 0.133. The number of thiophene rings is 1. The number of methoxy groups -OCH3 is 1. The lowest BCUT2D eigenvalue weighted by Gasteiger charge is -2.10. The molecular formula is C15H13BrO4S. The van der Waals surface area contributed by atoms with Crippen LogP contribution in [-0.2, 0) is 11.4 Å². The summed E-state index contributed by atoms with van der Waals surface area (Å²) in [6, 6.07) is 7.25. The third kappa shape index (κ3) is 4.61. The van der Waals surface area contributed by atoms with Crippen LogP contribution >= 0.6 is 27.3 Å². The predicted octanol–water partition coefficient (Wildman–Crippen LogP) is 4.20. The van der Waals surface area contributed by atoms with Crippen LogP contribution in [0, 0.1) is 0 Å². The molecule has 0 saturated heterocycles. The number of benzene rings is 1. The first-order valence-electron chi connectivity index (χ1n) is 6.03. The third-order valence-corrected chi connectivity index (χ3v) is 4.29. The Morgan fingerprint density at radius 2 is 2.24 bits per heavy atom. The predicted molar refractivity (Wildman–Crippen MR) is 86.0 cm³/mol. The van der Waals surface area contributed by atoms with E-state index in [0.29, 0.717) is 23.7 Å². The van der Waals surface area contributed by atoms with Crippen molar-refractivity contribution in [3.05, 3.63) is 50.6 Å². The summed E-state index contributed by atoms with van der Waals surface area (Å²) >= 11 is 4.98. The molecule has 21 heavy (non-hydrogen) atoms. The van der Waals surface area contributed by atoms with E-state index in [1.54, 1.807) is 36.6 Å². The van der Waals surface area contributed by atoms with Crippen molar-refractivity contribution in [3.63, 3.8) is 0 Å². The monoisotopic (exact) mass is 368 g/mol. The molecule has 0 aliphatic rings. The highest BCUT2D eigenvalue weighted by Crippen LogP contribution is 2.28. The van der Waals surface area contributed by atoms with E-state index in [4.69, 9.17) is 14.6 Å². The number of carboxylic acid groups (broad SMARTS) is 1. The largest absolute Gasteiger partial charge is 0.497 e. The van der Waals surface area contributed by atoms with Gasteiger partial charge >= 0.3 is 5.97 Å². The van der Waals surface area contributed by atoms with Crippen LogP contribution in [0.2, 0.25) is 0 Å². The Labute approximate surface area is 134 Å². The van der Waals surface area contributed by atoms with Crippen LogP contribution in [0.15, 0.2) is 40.2 Å². The lowest BCUT2D eigenvalue weighted by Crippen LogP contribution is -1.96. The minimum atomic E-state index is -1.00.